The van der Waals surface area contributed by atoms with Gasteiger partial charge in [-0.15, -0.1) is 0 Å². The second-order valence-corrected chi connectivity index (χ2v) is 5.59. The molecule has 1 saturated carbocycles. The highest BCUT2D eigenvalue weighted by Crippen LogP contribution is 2.36. The highest BCUT2D eigenvalue weighted by molar-refractivity contribution is 4.78. The summed E-state index contributed by atoms with van der Waals surface area (Å²) >= 11 is 0. The van der Waals surface area contributed by atoms with Crippen molar-refractivity contribution < 1.29 is 5.11 Å². The van der Waals surface area contributed by atoms with Crippen molar-refractivity contribution >= 4 is 0 Å². The number of aliphatic hydroxyl groups excluding tert-OH is 1. The third kappa shape index (κ3) is 3.68. The summed E-state index contributed by atoms with van der Waals surface area (Å²) in [5.74, 6) is 0.711. The van der Waals surface area contributed by atoms with Gasteiger partial charge in [0.2, 0.25) is 0 Å². The van der Waals surface area contributed by atoms with E-state index in [2.05, 4.69) is 20.8 Å². The Bertz CT molecular complexity index is 146. The van der Waals surface area contributed by atoms with E-state index in [0.717, 1.165) is 12.8 Å². The predicted octanol–water partition coefficient (Wildman–Crippen LogP) is 3.36. The normalized spacial score (nSPS) is 32.3. The molecule has 1 heteroatoms. The van der Waals surface area contributed by atoms with Crippen LogP contribution in [-0.2, 0) is 0 Å². The van der Waals surface area contributed by atoms with Crippen LogP contribution in [0.3, 0.4) is 0 Å². The average molecular weight is 184 g/mol. The topological polar surface area (TPSA) is 20.2 Å². The van der Waals surface area contributed by atoms with E-state index in [9.17, 15) is 5.11 Å². The van der Waals surface area contributed by atoms with Crippen molar-refractivity contribution in [1.82, 2.24) is 0 Å². The monoisotopic (exact) mass is 184 g/mol. The van der Waals surface area contributed by atoms with E-state index in [4.69, 9.17) is 0 Å². The molecule has 78 valence electrons. The van der Waals surface area contributed by atoms with E-state index in [1.165, 1.54) is 25.7 Å². The Morgan fingerprint density at radius 3 is 2.23 bits per heavy atom. The van der Waals surface area contributed by atoms with Crippen LogP contribution >= 0.6 is 0 Å². The van der Waals surface area contributed by atoms with Crippen molar-refractivity contribution in [3.8, 4) is 0 Å². The molecule has 0 aromatic carbocycles. The first-order chi connectivity index (χ1) is 6.00. The Morgan fingerprint density at radius 1 is 1.00 bits per heavy atom. The van der Waals surface area contributed by atoms with Crippen LogP contribution in [0.2, 0.25) is 0 Å². The van der Waals surface area contributed by atoms with E-state index in [1.54, 1.807) is 0 Å². The Hall–Kier alpha value is -0.0400. The third-order valence-electron chi connectivity index (χ3n) is 3.37. The van der Waals surface area contributed by atoms with E-state index < -0.39 is 0 Å². The molecule has 13 heavy (non-hydrogen) atoms. The molecule has 0 spiro atoms. The quantitative estimate of drug-likeness (QED) is 0.612. The first-order valence-electron chi connectivity index (χ1n) is 5.68. The summed E-state index contributed by atoms with van der Waals surface area (Å²) in [6, 6.07) is 0. The minimum atomic E-state index is -0.0375. The molecule has 2 unspecified atom stereocenters. The van der Waals surface area contributed by atoms with Crippen LogP contribution in [0.25, 0.3) is 0 Å². The van der Waals surface area contributed by atoms with Crippen molar-refractivity contribution in [2.75, 3.05) is 0 Å². The highest BCUT2D eigenvalue weighted by atomic mass is 16.3. The van der Waals surface area contributed by atoms with Crippen LogP contribution in [0.1, 0.15) is 59.3 Å². The zero-order valence-electron chi connectivity index (χ0n) is 9.34. The van der Waals surface area contributed by atoms with Gasteiger partial charge in [-0.25, -0.2) is 0 Å². The second-order valence-electron chi connectivity index (χ2n) is 5.59. The molecule has 0 aliphatic heterocycles. The predicted molar refractivity (Wildman–Crippen MR) is 56.7 cm³/mol. The maximum atomic E-state index is 9.75. The van der Waals surface area contributed by atoms with Gasteiger partial charge in [-0.2, -0.15) is 0 Å². The van der Waals surface area contributed by atoms with Gasteiger partial charge < -0.3 is 5.11 Å². The lowest BCUT2D eigenvalue weighted by atomic mass is 9.73. The number of aliphatic hydroxyl groups is 1. The summed E-state index contributed by atoms with van der Waals surface area (Å²) in [7, 11) is 0. The molecular weight excluding hydrogens is 160 g/mol. The molecule has 1 fully saturated rings. The maximum Gasteiger partial charge on any atom is 0.0543 e. The second kappa shape index (κ2) is 4.45. The zero-order valence-corrected chi connectivity index (χ0v) is 9.34. The molecule has 0 saturated heterocycles. The van der Waals surface area contributed by atoms with Crippen LogP contribution in [0, 0.1) is 11.3 Å². The molecule has 0 bridgehead atoms. The first kappa shape index (κ1) is 11.0. The van der Waals surface area contributed by atoms with Gasteiger partial charge in [0.05, 0.1) is 6.10 Å². The van der Waals surface area contributed by atoms with Gasteiger partial charge in [0.1, 0.15) is 0 Å². The summed E-state index contributed by atoms with van der Waals surface area (Å²) in [5, 5.41) is 9.75. The van der Waals surface area contributed by atoms with Crippen molar-refractivity contribution in [2.45, 2.75) is 65.4 Å². The summed E-state index contributed by atoms with van der Waals surface area (Å²) in [6.45, 7) is 6.89. The molecular formula is C12H24O. The van der Waals surface area contributed by atoms with Gasteiger partial charge >= 0.3 is 0 Å². The minimum Gasteiger partial charge on any atom is -0.393 e. The van der Waals surface area contributed by atoms with Crippen LogP contribution < -0.4 is 0 Å². The fourth-order valence-electron chi connectivity index (χ4n) is 2.30. The Balaban J connectivity index is 2.51. The molecule has 1 N–H and O–H groups in total. The summed E-state index contributed by atoms with van der Waals surface area (Å²) in [6.07, 6.45) is 7.19. The Morgan fingerprint density at radius 2 is 1.62 bits per heavy atom. The lowest BCUT2D eigenvalue weighted by Gasteiger charge is -2.34. The molecule has 1 rings (SSSR count). The van der Waals surface area contributed by atoms with E-state index in [-0.39, 0.29) is 6.10 Å². The molecule has 0 aromatic rings. The zero-order chi connectivity index (χ0) is 9.90. The van der Waals surface area contributed by atoms with Crippen molar-refractivity contribution in [2.24, 2.45) is 11.3 Å². The van der Waals surface area contributed by atoms with E-state index >= 15 is 0 Å². The molecule has 1 aliphatic rings. The van der Waals surface area contributed by atoms with Gasteiger partial charge in [-0.05, 0) is 30.6 Å². The smallest absolute Gasteiger partial charge is 0.0543 e. The third-order valence-corrected chi connectivity index (χ3v) is 3.37. The van der Waals surface area contributed by atoms with E-state index in [1.807, 2.05) is 0 Å². The highest BCUT2D eigenvalue weighted by Gasteiger charge is 2.27. The lowest BCUT2D eigenvalue weighted by Crippen LogP contribution is -2.26. The Labute approximate surface area is 82.5 Å². The lowest BCUT2D eigenvalue weighted by molar-refractivity contribution is 0.0790. The van der Waals surface area contributed by atoms with Crippen LogP contribution in [0.15, 0.2) is 0 Å². The first-order valence-corrected chi connectivity index (χ1v) is 5.68. The minimum absolute atomic E-state index is 0.0375. The van der Waals surface area contributed by atoms with Gasteiger partial charge in [0.15, 0.2) is 0 Å². The SMILES string of the molecule is CC(C)(C)C1CCCCCC(O)C1. The van der Waals surface area contributed by atoms with Crippen LogP contribution in [-0.4, -0.2) is 11.2 Å². The molecule has 0 radical (unpaired) electrons. The van der Waals surface area contributed by atoms with Gasteiger partial charge in [0, 0.05) is 0 Å². The standard InChI is InChI=1S/C12H24O/c1-12(2,3)10-7-5-4-6-8-11(13)9-10/h10-11,13H,4-9H2,1-3H3. The van der Waals surface area contributed by atoms with E-state index in [0.29, 0.717) is 11.3 Å². The Kier molecular flexibility index (Phi) is 3.78. The van der Waals surface area contributed by atoms with Gasteiger partial charge in [0.25, 0.3) is 0 Å². The van der Waals surface area contributed by atoms with Crippen molar-refractivity contribution in [3.05, 3.63) is 0 Å². The fourth-order valence-corrected chi connectivity index (χ4v) is 2.30. The van der Waals surface area contributed by atoms with Gasteiger partial charge in [-0.3, -0.25) is 0 Å². The van der Waals surface area contributed by atoms with Crippen molar-refractivity contribution in [1.29, 1.82) is 0 Å². The molecule has 2 atom stereocenters. The van der Waals surface area contributed by atoms with Gasteiger partial charge in [-0.1, -0.05) is 40.0 Å². The largest absolute Gasteiger partial charge is 0.393 e. The molecule has 0 amide bonds. The average Bonchev–Trinajstić information content (AvgIpc) is 1.94. The molecule has 1 aliphatic carbocycles. The van der Waals surface area contributed by atoms with Crippen LogP contribution in [0.5, 0.6) is 0 Å². The number of hydrogen-bond donors (Lipinski definition) is 1. The molecule has 1 nitrogen and oxygen atoms in total. The molecule has 0 heterocycles. The molecule has 0 aromatic heterocycles. The van der Waals surface area contributed by atoms with Crippen LogP contribution in [0.4, 0.5) is 0 Å². The number of hydrogen-bond acceptors (Lipinski definition) is 1. The number of rotatable bonds is 0. The summed E-state index contributed by atoms with van der Waals surface area (Å²) in [5.41, 5.74) is 0.373. The summed E-state index contributed by atoms with van der Waals surface area (Å²) < 4.78 is 0. The summed E-state index contributed by atoms with van der Waals surface area (Å²) in [4.78, 5) is 0. The van der Waals surface area contributed by atoms with Crippen molar-refractivity contribution in [3.63, 3.8) is 0 Å². The fraction of sp³-hybridized carbons (Fsp3) is 1.00. The maximum absolute atomic E-state index is 9.75.